The van der Waals surface area contributed by atoms with Crippen LogP contribution < -0.4 is 0 Å². The topological polar surface area (TPSA) is 46.1 Å². The minimum Gasteiger partial charge on any atom is -0.341 e. The van der Waals surface area contributed by atoms with Crippen molar-refractivity contribution in [2.45, 2.75) is 37.1 Å². The molecule has 0 aliphatic carbocycles. The third kappa shape index (κ3) is 3.45. The molecule has 0 aromatic carbocycles. The van der Waals surface area contributed by atoms with Gasteiger partial charge < -0.3 is 4.90 Å². The number of carbonyl (C=O) groups excluding carboxylic acids is 1. The Bertz CT molecular complexity index is 398. The van der Waals surface area contributed by atoms with E-state index in [1.165, 1.54) is 18.2 Å². The summed E-state index contributed by atoms with van der Waals surface area (Å²) >= 11 is 1.43. The van der Waals surface area contributed by atoms with Crippen LogP contribution in [0.2, 0.25) is 0 Å². The van der Waals surface area contributed by atoms with E-state index < -0.39 is 0 Å². The van der Waals surface area contributed by atoms with E-state index in [2.05, 4.69) is 16.9 Å². The predicted octanol–water partition coefficient (Wildman–Crippen LogP) is 2.22. The summed E-state index contributed by atoms with van der Waals surface area (Å²) in [5.74, 6) is 0.826. The molecule has 0 N–H and O–H groups in total. The molecule has 98 valence electrons. The third-order valence-electron chi connectivity index (χ3n) is 3.14. The smallest absolute Gasteiger partial charge is 0.235 e. The van der Waals surface area contributed by atoms with Crippen LogP contribution in [0.25, 0.3) is 0 Å². The van der Waals surface area contributed by atoms with Crippen LogP contribution in [0.3, 0.4) is 0 Å². The van der Waals surface area contributed by atoms with Gasteiger partial charge in [0, 0.05) is 25.5 Å². The highest BCUT2D eigenvalue weighted by molar-refractivity contribution is 8.00. The van der Waals surface area contributed by atoms with Gasteiger partial charge in [0.15, 0.2) is 5.16 Å². The third-order valence-corrected chi connectivity index (χ3v) is 4.12. The summed E-state index contributed by atoms with van der Waals surface area (Å²) in [4.78, 5) is 22.6. The Hall–Kier alpha value is -1.10. The zero-order valence-corrected chi connectivity index (χ0v) is 11.7. The molecule has 1 fully saturated rings. The quantitative estimate of drug-likeness (QED) is 0.621. The van der Waals surface area contributed by atoms with Crippen LogP contribution in [-0.2, 0) is 4.79 Å². The molecule has 4 nitrogen and oxygen atoms in total. The number of thioether (sulfide) groups is 1. The molecule has 0 saturated carbocycles. The maximum Gasteiger partial charge on any atom is 0.235 e. The van der Waals surface area contributed by atoms with E-state index in [1.54, 1.807) is 18.5 Å². The van der Waals surface area contributed by atoms with Crippen LogP contribution in [0.5, 0.6) is 0 Å². The number of nitrogens with zero attached hydrogens (tertiary/aromatic N) is 3. The Labute approximate surface area is 112 Å². The van der Waals surface area contributed by atoms with Crippen molar-refractivity contribution in [3.8, 4) is 0 Å². The number of hydrogen-bond acceptors (Lipinski definition) is 4. The fraction of sp³-hybridized carbons (Fsp3) is 0.615. The lowest BCUT2D eigenvalue weighted by Crippen LogP contribution is -2.42. The number of hydrogen-bond donors (Lipinski definition) is 0. The minimum absolute atomic E-state index is 0.113. The van der Waals surface area contributed by atoms with Crippen molar-refractivity contribution in [1.29, 1.82) is 0 Å². The van der Waals surface area contributed by atoms with Crippen LogP contribution in [0.15, 0.2) is 23.6 Å². The highest BCUT2D eigenvalue weighted by atomic mass is 32.2. The second-order valence-corrected chi connectivity index (χ2v) is 6.13. The van der Waals surface area contributed by atoms with Crippen LogP contribution in [0.1, 0.15) is 26.7 Å². The Kier molecular flexibility index (Phi) is 4.58. The van der Waals surface area contributed by atoms with Gasteiger partial charge in [-0.15, -0.1) is 0 Å². The first kappa shape index (κ1) is 13.3. The molecular formula is C13H19N3OS. The van der Waals surface area contributed by atoms with Crippen LogP contribution in [0.4, 0.5) is 0 Å². The molecule has 5 heteroatoms. The maximum atomic E-state index is 12.3. The number of carbonyl (C=O) groups is 1. The average Bonchev–Trinajstić information content (AvgIpc) is 2.39. The lowest BCUT2D eigenvalue weighted by atomic mass is 10.0. The number of likely N-dealkylation sites (tertiary alicyclic amines) is 1. The first-order valence-electron chi connectivity index (χ1n) is 6.39. The predicted molar refractivity (Wildman–Crippen MR) is 72.3 cm³/mol. The molecule has 18 heavy (non-hydrogen) atoms. The number of piperidine rings is 1. The van der Waals surface area contributed by atoms with Gasteiger partial charge in [-0.2, -0.15) is 0 Å². The lowest BCUT2D eigenvalue weighted by Gasteiger charge is -2.32. The molecule has 0 spiro atoms. The molecule has 0 radical (unpaired) electrons. The summed E-state index contributed by atoms with van der Waals surface area (Å²) in [7, 11) is 0. The monoisotopic (exact) mass is 265 g/mol. The van der Waals surface area contributed by atoms with Gasteiger partial charge in [-0.05, 0) is 31.7 Å². The lowest BCUT2D eigenvalue weighted by molar-refractivity contribution is -0.131. The van der Waals surface area contributed by atoms with Gasteiger partial charge in [0.05, 0.1) is 5.25 Å². The Morgan fingerprint density at radius 1 is 1.50 bits per heavy atom. The van der Waals surface area contributed by atoms with Crippen molar-refractivity contribution in [2.75, 3.05) is 13.1 Å². The van der Waals surface area contributed by atoms with Gasteiger partial charge in [-0.25, -0.2) is 9.97 Å². The Balaban J connectivity index is 1.92. The SMILES string of the molecule is C[C@@H]1CCCN(C(=O)[C@H](C)Sc2ncccn2)C1. The molecule has 1 aliphatic heterocycles. The van der Waals surface area contributed by atoms with Crippen LogP contribution in [0, 0.1) is 5.92 Å². The fourth-order valence-corrected chi connectivity index (χ4v) is 3.01. The average molecular weight is 265 g/mol. The molecule has 1 amide bonds. The molecule has 2 atom stereocenters. The van der Waals surface area contributed by atoms with Crippen molar-refractivity contribution in [3.63, 3.8) is 0 Å². The number of aromatic nitrogens is 2. The van der Waals surface area contributed by atoms with Crippen molar-refractivity contribution in [3.05, 3.63) is 18.5 Å². The summed E-state index contributed by atoms with van der Waals surface area (Å²) in [6, 6.07) is 1.78. The molecule has 1 saturated heterocycles. The molecule has 1 aromatic rings. The van der Waals surface area contributed by atoms with E-state index in [0.717, 1.165) is 19.5 Å². The largest absolute Gasteiger partial charge is 0.341 e. The highest BCUT2D eigenvalue weighted by Crippen LogP contribution is 2.23. The van der Waals surface area contributed by atoms with E-state index in [0.29, 0.717) is 11.1 Å². The van der Waals surface area contributed by atoms with Gasteiger partial charge in [-0.3, -0.25) is 4.79 Å². The van der Waals surface area contributed by atoms with E-state index in [-0.39, 0.29) is 11.2 Å². The summed E-state index contributed by atoms with van der Waals surface area (Å²) in [5, 5.41) is 0.557. The van der Waals surface area contributed by atoms with Crippen LogP contribution in [-0.4, -0.2) is 39.1 Å². The van der Waals surface area contributed by atoms with Crippen molar-refractivity contribution in [2.24, 2.45) is 5.92 Å². The normalized spacial score (nSPS) is 21.7. The van der Waals surface area contributed by atoms with E-state index >= 15 is 0 Å². The molecular weight excluding hydrogens is 246 g/mol. The Morgan fingerprint density at radius 3 is 2.89 bits per heavy atom. The first-order valence-corrected chi connectivity index (χ1v) is 7.27. The molecule has 2 rings (SSSR count). The molecule has 1 aliphatic rings. The van der Waals surface area contributed by atoms with E-state index in [1.807, 2.05) is 11.8 Å². The van der Waals surface area contributed by atoms with Crippen molar-refractivity contribution < 1.29 is 4.79 Å². The summed E-state index contributed by atoms with van der Waals surface area (Å²) < 4.78 is 0. The van der Waals surface area contributed by atoms with Gasteiger partial charge in [0.1, 0.15) is 0 Å². The number of amides is 1. The highest BCUT2D eigenvalue weighted by Gasteiger charge is 2.25. The summed E-state index contributed by atoms with van der Waals surface area (Å²) in [6.07, 6.45) is 5.75. The van der Waals surface area contributed by atoms with E-state index in [9.17, 15) is 4.79 Å². The summed E-state index contributed by atoms with van der Waals surface area (Å²) in [6.45, 7) is 5.92. The Morgan fingerprint density at radius 2 is 2.22 bits per heavy atom. The zero-order chi connectivity index (χ0) is 13.0. The zero-order valence-electron chi connectivity index (χ0n) is 10.9. The fourth-order valence-electron chi connectivity index (χ4n) is 2.20. The van der Waals surface area contributed by atoms with Gasteiger partial charge in [0.25, 0.3) is 0 Å². The molecule has 0 bridgehead atoms. The first-order chi connectivity index (χ1) is 8.66. The van der Waals surface area contributed by atoms with Crippen molar-refractivity contribution in [1.82, 2.24) is 14.9 Å². The van der Waals surface area contributed by atoms with Gasteiger partial charge in [-0.1, -0.05) is 18.7 Å². The second kappa shape index (κ2) is 6.18. The summed E-state index contributed by atoms with van der Waals surface area (Å²) in [5.41, 5.74) is 0. The molecule has 1 aromatic heterocycles. The second-order valence-electron chi connectivity index (χ2n) is 4.82. The molecule has 0 unspecified atom stereocenters. The van der Waals surface area contributed by atoms with Crippen LogP contribution >= 0.6 is 11.8 Å². The number of rotatable bonds is 3. The van der Waals surface area contributed by atoms with Gasteiger partial charge >= 0.3 is 0 Å². The maximum absolute atomic E-state index is 12.3. The minimum atomic E-state index is -0.113. The standard InChI is InChI=1S/C13H19N3OS/c1-10-5-3-8-16(9-10)12(17)11(2)18-13-14-6-4-7-15-13/h4,6-7,10-11H,3,5,8-9H2,1-2H3/t10-,11+/m1/s1. The van der Waals surface area contributed by atoms with Gasteiger partial charge in [0.2, 0.25) is 5.91 Å². The molecule has 2 heterocycles. The van der Waals surface area contributed by atoms with Crippen molar-refractivity contribution >= 4 is 17.7 Å². The van der Waals surface area contributed by atoms with E-state index in [4.69, 9.17) is 0 Å².